The minimum atomic E-state index is -0.590. The molecule has 0 saturated heterocycles. The highest BCUT2D eigenvalue weighted by Gasteiger charge is 2.16. The number of halogens is 2. The van der Waals surface area contributed by atoms with Crippen LogP contribution in [0.3, 0.4) is 0 Å². The van der Waals surface area contributed by atoms with Crippen molar-refractivity contribution in [1.29, 1.82) is 0 Å². The Bertz CT molecular complexity index is 498. The SMILES string of the molecule is CN=C(C)/C(=C(/C)N)c1ccc(F)c(C)c1F. The first kappa shape index (κ1) is 13.4. The molecule has 1 rings (SSSR count). The quantitative estimate of drug-likeness (QED) is 0.790. The Morgan fingerprint density at radius 3 is 2.29 bits per heavy atom. The van der Waals surface area contributed by atoms with Gasteiger partial charge >= 0.3 is 0 Å². The number of nitrogens with zero attached hydrogens (tertiary/aromatic N) is 1. The fraction of sp³-hybridized carbons (Fsp3) is 0.308. The van der Waals surface area contributed by atoms with E-state index in [2.05, 4.69) is 4.99 Å². The maximum atomic E-state index is 14.0. The summed E-state index contributed by atoms with van der Waals surface area (Å²) in [5.74, 6) is -1.15. The second-order valence-corrected chi connectivity index (χ2v) is 3.90. The van der Waals surface area contributed by atoms with Gasteiger partial charge in [0.15, 0.2) is 0 Å². The first-order valence-corrected chi connectivity index (χ1v) is 5.25. The van der Waals surface area contributed by atoms with Crippen molar-refractivity contribution in [1.82, 2.24) is 0 Å². The molecule has 0 aliphatic rings. The molecule has 0 atom stereocenters. The average Bonchev–Trinajstić information content (AvgIpc) is 2.28. The molecule has 0 heterocycles. The van der Waals surface area contributed by atoms with Crippen molar-refractivity contribution in [3.8, 4) is 0 Å². The normalized spacial score (nSPS) is 13.6. The Morgan fingerprint density at radius 1 is 1.24 bits per heavy atom. The fourth-order valence-corrected chi connectivity index (χ4v) is 1.66. The van der Waals surface area contributed by atoms with Gasteiger partial charge in [-0.2, -0.15) is 0 Å². The molecule has 0 fully saturated rings. The monoisotopic (exact) mass is 238 g/mol. The van der Waals surface area contributed by atoms with Gasteiger partial charge in [0.2, 0.25) is 0 Å². The molecule has 4 heteroatoms. The van der Waals surface area contributed by atoms with E-state index in [1.807, 2.05) is 0 Å². The predicted octanol–water partition coefficient (Wildman–Crippen LogP) is 3.05. The van der Waals surface area contributed by atoms with E-state index in [9.17, 15) is 8.78 Å². The molecule has 1 aromatic rings. The van der Waals surface area contributed by atoms with Crippen molar-refractivity contribution >= 4 is 11.3 Å². The molecule has 0 radical (unpaired) electrons. The Hall–Kier alpha value is -1.71. The van der Waals surface area contributed by atoms with E-state index in [1.54, 1.807) is 20.9 Å². The highest BCUT2D eigenvalue weighted by Crippen LogP contribution is 2.25. The number of hydrogen-bond donors (Lipinski definition) is 1. The van der Waals surface area contributed by atoms with Crippen LogP contribution in [0.15, 0.2) is 22.8 Å². The molecule has 0 spiro atoms. The number of benzene rings is 1. The van der Waals surface area contributed by atoms with Crippen LogP contribution in [0, 0.1) is 18.6 Å². The van der Waals surface area contributed by atoms with Crippen LogP contribution in [0.2, 0.25) is 0 Å². The van der Waals surface area contributed by atoms with Gasteiger partial charge in [-0.25, -0.2) is 8.78 Å². The van der Waals surface area contributed by atoms with Gasteiger partial charge in [-0.05, 0) is 32.9 Å². The van der Waals surface area contributed by atoms with Gasteiger partial charge in [-0.15, -0.1) is 0 Å². The van der Waals surface area contributed by atoms with Crippen LogP contribution in [0.5, 0.6) is 0 Å². The first-order chi connectivity index (χ1) is 7.90. The summed E-state index contributed by atoms with van der Waals surface area (Å²) in [5.41, 5.74) is 7.61. The van der Waals surface area contributed by atoms with Crippen molar-refractivity contribution in [2.24, 2.45) is 10.7 Å². The van der Waals surface area contributed by atoms with Crippen LogP contribution in [-0.4, -0.2) is 12.8 Å². The average molecular weight is 238 g/mol. The topological polar surface area (TPSA) is 38.4 Å². The summed E-state index contributed by atoms with van der Waals surface area (Å²) in [4.78, 5) is 4.00. The second kappa shape index (κ2) is 5.08. The minimum Gasteiger partial charge on any atom is -0.402 e. The van der Waals surface area contributed by atoms with E-state index in [0.717, 1.165) is 0 Å². The number of allylic oxidation sites excluding steroid dienone is 2. The highest BCUT2D eigenvalue weighted by molar-refractivity contribution is 6.23. The molecule has 92 valence electrons. The molecule has 0 saturated carbocycles. The van der Waals surface area contributed by atoms with Gasteiger partial charge < -0.3 is 5.73 Å². The maximum absolute atomic E-state index is 14.0. The summed E-state index contributed by atoms with van der Waals surface area (Å²) in [6, 6.07) is 2.62. The lowest BCUT2D eigenvalue weighted by atomic mass is 9.97. The van der Waals surface area contributed by atoms with Crippen molar-refractivity contribution in [2.45, 2.75) is 20.8 Å². The van der Waals surface area contributed by atoms with Gasteiger partial charge in [0.25, 0.3) is 0 Å². The van der Waals surface area contributed by atoms with Crippen molar-refractivity contribution in [2.75, 3.05) is 7.05 Å². The van der Waals surface area contributed by atoms with Crippen LogP contribution < -0.4 is 5.73 Å². The molecule has 0 aliphatic heterocycles. The largest absolute Gasteiger partial charge is 0.402 e. The Kier molecular flexibility index (Phi) is 3.99. The highest BCUT2D eigenvalue weighted by atomic mass is 19.1. The van der Waals surface area contributed by atoms with Gasteiger partial charge in [0, 0.05) is 35.2 Å². The number of nitrogens with two attached hydrogens (primary N) is 1. The molecule has 1 aromatic carbocycles. The second-order valence-electron chi connectivity index (χ2n) is 3.90. The van der Waals surface area contributed by atoms with Crippen LogP contribution in [-0.2, 0) is 0 Å². The van der Waals surface area contributed by atoms with Crippen molar-refractivity contribution < 1.29 is 8.78 Å². The lowest BCUT2D eigenvalue weighted by Gasteiger charge is -2.12. The smallest absolute Gasteiger partial charge is 0.136 e. The Labute approximate surface area is 99.9 Å². The molecular weight excluding hydrogens is 222 g/mol. The third-order valence-corrected chi connectivity index (χ3v) is 2.68. The third kappa shape index (κ3) is 2.52. The zero-order valence-corrected chi connectivity index (χ0v) is 10.4. The number of hydrogen-bond acceptors (Lipinski definition) is 2. The van der Waals surface area contributed by atoms with Crippen LogP contribution in [0.25, 0.3) is 5.57 Å². The summed E-state index contributed by atoms with van der Waals surface area (Å²) < 4.78 is 27.2. The number of aliphatic imine (C=N–C) groups is 1. The zero-order chi connectivity index (χ0) is 13.2. The summed E-state index contributed by atoms with van der Waals surface area (Å²) in [5, 5.41) is 0. The van der Waals surface area contributed by atoms with E-state index >= 15 is 0 Å². The van der Waals surface area contributed by atoms with E-state index in [-0.39, 0.29) is 11.1 Å². The van der Waals surface area contributed by atoms with Crippen LogP contribution in [0.4, 0.5) is 8.78 Å². The third-order valence-electron chi connectivity index (χ3n) is 2.68. The molecule has 17 heavy (non-hydrogen) atoms. The Balaban J connectivity index is 3.53. The predicted molar refractivity (Wildman–Crippen MR) is 66.9 cm³/mol. The molecule has 0 bridgehead atoms. The van der Waals surface area contributed by atoms with Crippen LogP contribution >= 0.6 is 0 Å². The summed E-state index contributed by atoms with van der Waals surface area (Å²) in [6.45, 7) is 4.81. The fourth-order valence-electron chi connectivity index (χ4n) is 1.66. The van der Waals surface area contributed by atoms with Gasteiger partial charge in [-0.3, -0.25) is 4.99 Å². The first-order valence-electron chi connectivity index (χ1n) is 5.25. The minimum absolute atomic E-state index is 0.00912. The molecule has 0 aromatic heterocycles. The lowest BCUT2D eigenvalue weighted by Crippen LogP contribution is -2.08. The van der Waals surface area contributed by atoms with E-state index in [0.29, 0.717) is 17.0 Å². The van der Waals surface area contributed by atoms with Gasteiger partial charge in [0.05, 0.1) is 0 Å². The van der Waals surface area contributed by atoms with E-state index in [1.165, 1.54) is 19.1 Å². The molecule has 2 N–H and O–H groups in total. The van der Waals surface area contributed by atoms with E-state index in [4.69, 9.17) is 5.73 Å². The molecule has 2 nitrogen and oxygen atoms in total. The molecule has 0 aliphatic carbocycles. The summed E-state index contributed by atoms with van der Waals surface area (Å²) in [6.07, 6.45) is 0. The van der Waals surface area contributed by atoms with Gasteiger partial charge in [0.1, 0.15) is 11.6 Å². The summed E-state index contributed by atoms with van der Waals surface area (Å²) >= 11 is 0. The molecular formula is C13H16F2N2. The molecule has 0 unspecified atom stereocenters. The summed E-state index contributed by atoms with van der Waals surface area (Å²) in [7, 11) is 1.60. The maximum Gasteiger partial charge on any atom is 0.136 e. The van der Waals surface area contributed by atoms with E-state index < -0.39 is 11.6 Å². The lowest BCUT2D eigenvalue weighted by molar-refractivity contribution is 0.566. The molecule has 0 amide bonds. The van der Waals surface area contributed by atoms with Crippen molar-refractivity contribution in [3.05, 3.63) is 40.6 Å². The van der Waals surface area contributed by atoms with Crippen molar-refractivity contribution in [3.63, 3.8) is 0 Å². The zero-order valence-electron chi connectivity index (χ0n) is 10.4. The van der Waals surface area contributed by atoms with Gasteiger partial charge in [-0.1, -0.05) is 0 Å². The Morgan fingerprint density at radius 2 is 1.82 bits per heavy atom. The van der Waals surface area contributed by atoms with Crippen LogP contribution in [0.1, 0.15) is 25.0 Å². The number of rotatable bonds is 2. The standard InChI is InChI=1S/C13H16F2N2/c1-7-11(14)6-5-10(13(7)15)12(8(2)16)9(3)17-4/h5-6H,16H2,1-4H3/b12-8+,17-9?.